The number of carbonyl (C=O) groups excluding carboxylic acids is 2. The van der Waals surface area contributed by atoms with E-state index in [0.717, 1.165) is 0 Å². The molecule has 44 valence electrons. The van der Waals surface area contributed by atoms with Gasteiger partial charge >= 0.3 is 71.6 Å². The van der Waals surface area contributed by atoms with Crippen LogP contribution in [0.3, 0.4) is 0 Å². The van der Waals surface area contributed by atoms with Gasteiger partial charge in [-0.15, -0.1) is 0 Å². The predicted molar refractivity (Wildman–Crippen MR) is 24.7 cm³/mol. The normalized spacial score (nSPS) is 5.89. The van der Waals surface area contributed by atoms with Gasteiger partial charge in [-0.1, -0.05) is 6.92 Å². The fourth-order valence-electron chi connectivity index (χ4n) is 0.137. The average molecular weight is 150 g/mol. The minimum Gasteiger partial charge on any atom is -1.00 e. The number of rotatable bonds is 2. The summed E-state index contributed by atoms with van der Waals surface area (Å²) in [5, 5.41) is 0. The van der Waals surface area contributed by atoms with Crippen molar-refractivity contribution in [3.8, 4) is 0 Å². The molecule has 0 unspecified atom stereocenters. The molecule has 0 saturated heterocycles. The van der Waals surface area contributed by atoms with Crippen LogP contribution < -0.4 is 59.1 Å². The molecule has 0 aliphatic carbocycles. The van der Waals surface area contributed by atoms with E-state index in [0.29, 0.717) is 0 Å². The van der Waals surface area contributed by atoms with E-state index in [1.54, 1.807) is 6.92 Å². The van der Waals surface area contributed by atoms with Crippen LogP contribution >= 0.6 is 0 Å². The maximum Gasteiger partial charge on any atom is 1.00 e. The molecule has 0 atom stereocenters. The van der Waals surface area contributed by atoms with Gasteiger partial charge in [-0.2, -0.15) is 0 Å². The van der Waals surface area contributed by atoms with Crippen LogP contribution in [0.1, 0.15) is 16.2 Å². The molecule has 0 N–H and O–H groups in total. The fourth-order valence-corrected chi connectivity index (χ4v) is 0.137. The summed E-state index contributed by atoms with van der Waals surface area (Å²) >= 11 is 0. The Balaban J connectivity index is -0.0000000300. The third kappa shape index (κ3) is 12.4. The molecule has 0 spiro atoms. The minimum atomic E-state index is -0.491. The zero-order valence-electron chi connectivity index (χ0n) is 8.01. The molecule has 0 aromatic heterocycles. The van der Waals surface area contributed by atoms with Gasteiger partial charge in [-0.3, -0.25) is 9.59 Å². The Labute approximate surface area is 101 Å². The Kier molecular flexibility index (Phi) is 21.9. The summed E-state index contributed by atoms with van der Waals surface area (Å²) in [5.41, 5.74) is 0. The second-order valence-corrected chi connectivity index (χ2v) is 0.940. The molecule has 0 rings (SSSR count). The van der Waals surface area contributed by atoms with E-state index in [1.165, 1.54) is 0 Å². The molecular weight excluding hydrogens is 142 g/mol. The molecule has 5 heteroatoms. The van der Waals surface area contributed by atoms with E-state index in [-0.39, 0.29) is 74.9 Å². The van der Waals surface area contributed by atoms with Crippen molar-refractivity contribution in [2.75, 3.05) is 0 Å². The van der Waals surface area contributed by atoms with Gasteiger partial charge < -0.3 is 7.59 Å². The standard InChI is InChI=1S/C4H6O3.2Na.2H/c1-2-4(6)7-3-5;;;;/h3H,2H2,1H3;;;;/q;2*+1;2*-1. The first-order chi connectivity index (χ1) is 3.31. The summed E-state index contributed by atoms with van der Waals surface area (Å²) in [6, 6.07) is 0. The van der Waals surface area contributed by atoms with Crippen LogP contribution in [0.15, 0.2) is 0 Å². The van der Waals surface area contributed by atoms with Crippen molar-refractivity contribution in [2.45, 2.75) is 13.3 Å². The van der Waals surface area contributed by atoms with Crippen LogP contribution in [0.2, 0.25) is 0 Å². The molecule has 0 bridgehead atoms. The van der Waals surface area contributed by atoms with Crippen molar-refractivity contribution >= 4 is 12.4 Å². The number of carbonyl (C=O) groups is 2. The largest absolute Gasteiger partial charge is 1.00 e. The number of hydrogen-bond donors (Lipinski definition) is 0. The topological polar surface area (TPSA) is 43.4 Å². The molecule has 0 aromatic carbocycles. The minimum absolute atomic E-state index is 0. The third-order valence-corrected chi connectivity index (χ3v) is 0.468. The van der Waals surface area contributed by atoms with Gasteiger partial charge in [0.1, 0.15) is 0 Å². The molecule has 0 aromatic rings. The number of esters is 1. The number of hydrogen-bond acceptors (Lipinski definition) is 3. The Morgan fingerprint density at radius 1 is 1.67 bits per heavy atom. The molecule has 0 amide bonds. The summed E-state index contributed by atoms with van der Waals surface area (Å²) in [6.45, 7) is 1.75. The number of ether oxygens (including phenoxy) is 1. The summed E-state index contributed by atoms with van der Waals surface area (Å²) in [5.74, 6) is -0.491. The van der Waals surface area contributed by atoms with Crippen LogP contribution in [0.25, 0.3) is 0 Å². The van der Waals surface area contributed by atoms with Crippen molar-refractivity contribution in [1.29, 1.82) is 0 Å². The predicted octanol–water partition coefficient (Wildman–Crippen LogP) is -5.67. The smallest absolute Gasteiger partial charge is 1.00 e. The van der Waals surface area contributed by atoms with E-state index in [1.807, 2.05) is 0 Å². The monoisotopic (exact) mass is 150 g/mol. The summed E-state index contributed by atoms with van der Waals surface area (Å²) in [6.07, 6.45) is 0.249. The Bertz CT molecular complexity index is 91.4. The SMILES string of the molecule is CCC(=O)OC=O.[H-].[H-].[Na+].[Na+]. The first-order valence-corrected chi connectivity index (χ1v) is 1.94. The Morgan fingerprint density at radius 2 is 2.11 bits per heavy atom. The molecule has 0 radical (unpaired) electrons. The van der Waals surface area contributed by atoms with Crippen molar-refractivity contribution in [2.24, 2.45) is 0 Å². The van der Waals surface area contributed by atoms with Gasteiger partial charge in [-0.25, -0.2) is 0 Å². The van der Waals surface area contributed by atoms with E-state index < -0.39 is 5.97 Å². The van der Waals surface area contributed by atoms with Gasteiger partial charge in [-0.05, 0) is 0 Å². The Morgan fingerprint density at radius 3 is 2.22 bits per heavy atom. The van der Waals surface area contributed by atoms with E-state index in [9.17, 15) is 9.59 Å². The maximum absolute atomic E-state index is 9.96. The maximum atomic E-state index is 9.96. The zero-order valence-corrected chi connectivity index (χ0v) is 10.0. The van der Waals surface area contributed by atoms with Crippen LogP contribution in [0, 0.1) is 0 Å². The first-order valence-electron chi connectivity index (χ1n) is 1.94. The second-order valence-electron chi connectivity index (χ2n) is 0.940. The quantitative estimate of drug-likeness (QED) is 0.170. The molecule has 0 aliphatic heterocycles. The summed E-state index contributed by atoms with van der Waals surface area (Å²) in [4.78, 5) is 19.3. The molecule has 9 heavy (non-hydrogen) atoms. The molecule has 0 heterocycles. The molecule has 0 aliphatic rings. The second kappa shape index (κ2) is 11.9. The van der Waals surface area contributed by atoms with E-state index in [4.69, 9.17) is 0 Å². The molecule has 0 saturated carbocycles. The van der Waals surface area contributed by atoms with E-state index in [2.05, 4.69) is 4.74 Å². The van der Waals surface area contributed by atoms with Gasteiger partial charge in [0.2, 0.25) is 0 Å². The van der Waals surface area contributed by atoms with Gasteiger partial charge in [0.05, 0.1) is 0 Å². The van der Waals surface area contributed by atoms with Gasteiger partial charge in [0, 0.05) is 6.42 Å². The van der Waals surface area contributed by atoms with Crippen LogP contribution in [-0.4, -0.2) is 12.4 Å². The van der Waals surface area contributed by atoms with Gasteiger partial charge in [0.25, 0.3) is 0 Å². The Hall–Kier alpha value is 1.14. The van der Waals surface area contributed by atoms with Crippen LogP contribution in [0.5, 0.6) is 0 Å². The summed E-state index contributed by atoms with van der Waals surface area (Å²) < 4.78 is 3.87. The van der Waals surface area contributed by atoms with Gasteiger partial charge in [0.15, 0.2) is 0 Å². The average Bonchev–Trinajstić information content (AvgIpc) is 1.68. The first kappa shape index (κ1) is 16.6. The zero-order chi connectivity index (χ0) is 5.70. The van der Waals surface area contributed by atoms with Crippen molar-refractivity contribution in [3.05, 3.63) is 0 Å². The van der Waals surface area contributed by atoms with Crippen LogP contribution in [0.4, 0.5) is 0 Å². The molecule has 0 fully saturated rings. The van der Waals surface area contributed by atoms with Crippen molar-refractivity contribution in [3.63, 3.8) is 0 Å². The fraction of sp³-hybridized carbons (Fsp3) is 0.500. The summed E-state index contributed by atoms with van der Waals surface area (Å²) in [7, 11) is 0. The van der Waals surface area contributed by atoms with Crippen LogP contribution in [-0.2, 0) is 14.3 Å². The van der Waals surface area contributed by atoms with Crippen molar-refractivity contribution in [1.82, 2.24) is 0 Å². The molecule has 3 nitrogen and oxygen atoms in total. The van der Waals surface area contributed by atoms with E-state index >= 15 is 0 Å². The van der Waals surface area contributed by atoms with Crippen molar-refractivity contribution < 1.29 is 76.3 Å². The molecular formula is C4H8Na2O3. The third-order valence-electron chi connectivity index (χ3n) is 0.468.